The Morgan fingerprint density at radius 1 is 1.06 bits per heavy atom. The van der Waals surface area contributed by atoms with Gasteiger partial charge in [0.15, 0.2) is 0 Å². The Morgan fingerprint density at radius 2 is 1.91 bits per heavy atom. The van der Waals surface area contributed by atoms with Crippen LogP contribution in [0.3, 0.4) is 0 Å². The maximum absolute atomic E-state index is 13.0. The molecule has 2 aliphatic rings. The highest BCUT2D eigenvalue weighted by Gasteiger charge is 2.22. The summed E-state index contributed by atoms with van der Waals surface area (Å²) in [6.07, 6.45) is 4.72. The van der Waals surface area contributed by atoms with Gasteiger partial charge < -0.3 is 9.64 Å². The van der Waals surface area contributed by atoms with Crippen molar-refractivity contribution < 1.29 is 9.53 Å². The lowest BCUT2D eigenvalue weighted by molar-refractivity contribution is -0.132. The minimum Gasteiger partial charge on any atom is -0.372 e. The van der Waals surface area contributed by atoms with E-state index in [0.29, 0.717) is 6.42 Å². The first-order chi connectivity index (χ1) is 16.2. The predicted molar refractivity (Wildman–Crippen MR) is 125 cm³/mol. The number of hydrogen-bond donors (Lipinski definition) is 0. The zero-order valence-electron chi connectivity index (χ0n) is 18.7. The van der Waals surface area contributed by atoms with Crippen molar-refractivity contribution in [1.82, 2.24) is 30.0 Å². The van der Waals surface area contributed by atoms with Crippen LogP contribution in [-0.2, 0) is 35.6 Å². The second-order valence-electron chi connectivity index (χ2n) is 8.59. The monoisotopic (exact) mass is 444 g/mol. The number of piperazine rings is 1. The van der Waals surface area contributed by atoms with Crippen LogP contribution in [0.15, 0.2) is 49.3 Å². The molecular weight excluding hydrogens is 416 g/mol. The first-order valence-electron chi connectivity index (χ1n) is 11.4. The number of carbonyl (C=O) groups is 1. The highest BCUT2D eigenvalue weighted by molar-refractivity contribution is 5.80. The molecule has 0 unspecified atom stereocenters. The summed E-state index contributed by atoms with van der Waals surface area (Å²) in [6.45, 7) is 9.75. The van der Waals surface area contributed by atoms with E-state index < -0.39 is 0 Å². The summed E-state index contributed by atoms with van der Waals surface area (Å²) >= 11 is 0. The molecule has 0 radical (unpaired) electrons. The Balaban J connectivity index is 1.13. The van der Waals surface area contributed by atoms with Crippen molar-refractivity contribution in [3.05, 3.63) is 77.1 Å². The zero-order chi connectivity index (χ0) is 22.6. The van der Waals surface area contributed by atoms with Gasteiger partial charge in [0.25, 0.3) is 0 Å². The van der Waals surface area contributed by atoms with E-state index in [1.807, 2.05) is 23.1 Å². The van der Waals surface area contributed by atoms with Gasteiger partial charge in [-0.3, -0.25) is 9.69 Å². The number of nitrogens with zero attached hydrogens (tertiary/aromatic N) is 6. The summed E-state index contributed by atoms with van der Waals surface area (Å²) in [5.41, 5.74) is 6.74. The Labute approximate surface area is 193 Å². The van der Waals surface area contributed by atoms with Crippen molar-refractivity contribution in [2.45, 2.75) is 26.1 Å². The lowest BCUT2D eigenvalue weighted by atomic mass is 10.0. The molecule has 0 saturated carbocycles. The molecule has 8 nitrogen and oxygen atoms in total. The molecule has 33 heavy (non-hydrogen) atoms. The molecule has 2 aromatic carbocycles. The van der Waals surface area contributed by atoms with E-state index in [2.05, 4.69) is 45.2 Å². The minimum absolute atomic E-state index is 0.159. The van der Waals surface area contributed by atoms with Gasteiger partial charge >= 0.3 is 0 Å². The third-order valence-electron chi connectivity index (χ3n) is 6.53. The van der Waals surface area contributed by atoms with Gasteiger partial charge in [-0.15, -0.1) is 5.10 Å². The molecule has 3 aromatic rings. The number of carbonyl (C=O) groups excluding carboxylic acids is 1. The Bertz CT molecular complexity index is 1140. The SMILES string of the molecule is C=Cc1cc(-n2cnnn2)ccc1CC(=O)N1CCN(CCc2ccc3c(c2)COC3)CC1. The average molecular weight is 445 g/mol. The zero-order valence-corrected chi connectivity index (χ0v) is 18.7. The maximum Gasteiger partial charge on any atom is 0.227 e. The summed E-state index contributed by atoms with van der Waals surface area (Å²) in [5.74, 6) is 0.159. The van der Waals surface area contributed by atoms with E-state index in [4.69, 9.17) is 4.74 Å². The van der Waals surface area contributed by atoms with E-state index >= 15 is 0 Å². The van der Waals surface area contributed by atoms with Crippen LogP contribution in [0.2, 0.25) is 0 Å². The van der Waals surface area contributed by atoms with Gasteiger partial charge in [0.1, 0.15) is 6.33 Å². The van der Waals surface area contributed by atoms with Gasteiger partial charge in [-0.25, -0.2) is 4.68 Å². The topological polar surface area (TPSA) is 76.4 Å². The van der Waals surface area contributed by atoms with Crippen LogP contribution in [0.4, 0.5) is 0 Å². The van der Waals surface area contributed by atoms with Crippen molar-refractivity contribution in [3.63, 3.8) is 0 Å². The molecular formula is C25H28N6O2. The van der Waals surface area contributed by atoms with Crippen LogP contribution in [0.5, 0.6) is 0 Å². The fourth-order valence-corrected chi connectivity index (χ4v) is 4.52. The normalized spacial score (nSPS) is 16.1. The minimum atomic E-state index is 0.159. The lowest BCUT2D eigenvalue weighted by Crippen LogP contribution is -2.49. The number of aromatic nitrogens is 4. The number of amides is 1. The molecule has 5 rings (SSSR count). The molecule has 0 spiro atoms. The van der Waals surface area contributed by atoms with Crippen molar-refractivity contribution >= 4 is 12.0 Å². The maximum atomic E-state index is 13.0. The van der Waals surface area contributed by atoms with Gasteiger partial charge in [-0.1, -0.05) is 36.9 Å². The molecule has 1 fully saturated rings. The van der Waals surface area contributed by atoms with E-state index in [1.165, 1.54) is 16.7 Å². The number of tetrazole rings is 1. The van der Waals surface area contributed by atoms with E-state index in [9.17, 15) is 4.79 Å². The summed E-state index contributed by atoms with van der Waals surface area (Å²) in [5, 5.41) is 11.3. The third kappa shape index (κ3) is 4.86. The van der Waals surface area contributed by atoms with E-state index in [0.717, 1.165) is 69.2 Å². The van der Waals surface area contributed by atoms with Crippen molar-refractivity contribution in [3.8, 4) is 5.69 Å². The molecule has 3 heterocycles. The summed E-state index contributed by atoms with van der Waals surface area (Å²) in [6, 6.07) is 12.5. The van der Waals surface area contributed by atoms with Gasteiger partial charge in [-0.2, -0.15) is 0 Å². The Kier molecular flexibility index (Phi) is 6.28. The Morgan fingerprint density at radius 3 is 2.70 bits per heavy atom. The Hall–Kier alpha value is -3.36. The molecule has 0 N–H and O–H groups in total. The van der Waals surface area contributed by atoms with Crippen LogP contribution in [-0.4, -0.2) is 68.6 Å². The van der Waals surface area contributed by atoms with Gasteiger partial charge in [0.05, 0.1) is 25.3 Å². The molecule has 0 bridgehead atoms. The average Bonchev–Trinajstić information content (AvgIpc) is 3.55. The molecule has 0 aliphatic carbocycles. The van der Waals surface area contributed by atoms with E-state index in [1.54, 1.807) is 17.1 Å². The van der Waals surface area contributed by atoms with Crippen LogP contribution in [0, 0.1) is 0 Å². The van der Waals surface area contributed by atoms with Gasteiger partial charge in [0.2, 0.25) is 5.91 Å². The highest BCUT2D eigenvalue weighted by Crippen LogP contribution is 2.21. The molecule has 1 amide bonds. The predicted octanol–water partition coefficient (Wildman–Crippen LogP) is 2.26. The standard InChI is InChI=1S/C25H28N6O2/c1-2-20-14-24(31-18-26-27-28-31)6-5-21(20)15-25(32)30-11-9-29(10-12-30)8-7-19-3-4-22-16-33-17-23(22)13-19/h2-6,13-14,18H,1,7-12,15-17H2. The number of ether oxygens (including phenoxy) is 1. The molecule has 1 saturated heterocycles. The summed E-state index contributed by atoms with van der Waals surface area (Å²) in [4.78, 5) is 17.4. The first kappa shape index (κ1) is 21.5. The number of fused-ring (bicyclic) bond motifs is 1. The van der Waals surface area contributed by atoms with Crippen molar-refractivity contribution in [2.75, 3.05) is 32.7 Å². The van der Waals surface area contributed by atoms with E-state index in [-0.39, 0.29) is 5.91 Å². The fraction of sp³-hybridized carbons (Fsp3) is 0.360. The third-order valence-corrected chi connectivity index (χ3v) is 6.53. The lowest BCUT2D eigenvalue weighted by Gasteiger charge is -2.35. The quantitative estimate of drug-likeness (QED) is 0.557. The number of hydrogen-bond acceptors (Lipinski definition) is 6. The van der Waals surface area contributed by atoms with Crippen LogP contribution < -0.4 is 0 Å². The van der Waals surface area contributed by atoms with Crippen LogP contribution >= 0.6 is 0 Å². The van der Waals surface area contributed by atoms with Crippen LogP contribution in [0.25, 0.3) is 11.8 Å². The number of rotatable bonds is 7. The molecule has 0 atom stereocenters. The highest BCUT2D eigenvalue weighted by atomic mass is 16.5. The first-order valence-corrected chi connectivity index (χ1v) is 11.4. The molecule has 1 aromatic heterocycles. The smallest absolute Gasteiger partial charge is 0.227 e. The molecule has 8 heteroatoms. The van der Waals surface area contributed by atoms with Crippen molar-refractivity contribution in [1.29, 1.82) is 0 Å². The second kappa shape index (κ2) is 9.64. The van der Waals surface area contributed by atoms with Crippen molar-refractivity contribution in [2.24, 2.45) is 0 Å². The van der Waals surface area contributed by atoms with Gasteiger partial charge in [0, 0.05) is 32.7 Å². The molecule has 2 aliphatic heterocycles. The van der Waals surface area contributed by atoms with Gasteiger partial charge in [-0.05, 0) is 56.8 Å². The van der Waals surface area contributed by atoms with Crippen LogP contribution in [0.1, 0.15) is 27.8 Å². The number of benzene rings is 2. The summed E-state index contributed by atoms with van der Waals surface area (Å²) < 4.78 is 7.11. The summed E-state index contributed by atoms with van der Waals surface area (Å²) in [7, 11) is 0. The second-order valence-corrected chi connectivity index (χ2v) is 8.59. The fourth-order valence-electron chi connectivity index (χ4n) is 4.52. The molecule has 170 valence electrons. The largest absolute Gasteiger partial charge is 0.372 e.